The first-order chi connectivity index (χ1) is 11.2. The molecule has 0 bridgehead atoms. The van der Waals surface area contributed by atoms with E-state index < -0.39 is 0 Å². The van der Waals surface area contributed by atoms with E-state index in [1.54, 1.807) is 17.2 Å². The summed E-state index contributed by atoms with van der Waals surface area (Å²) in [6, 6.07) is 5.61. The van der Waals surface area contributed by atoms with Crippen LogP contribution in [0.25, 0.3) is 0 Å². The van der Waals surface area contributed by atoms with Crippen molar-refractivity contribution >= 4 is 11.7 Å². The van der Waals surface area contributed by atoms with Crippen molar-refractivity contribution in [1.29, 1.82) is 0 Å². The number of carbonyl (C=O) groups is 1. The Morgan fingerprint density at radius 3 is 2.52 bits per heavy atom. The van der Waals surface area contributed by atoms with Crippen LogP contribution < -0.4 is 4.90 Å². The lowest BCUT2D eigenvalue weighted by atomic mass is 10.0. The Bertz CT molecular complexity index is 619. The molecule has 23 heavy (non-hydrogen) atoms. The normalized spacial score (nSPS) is 16.7. The average Bonchev–Trinajstić information content (AvgIpc) is 3.09. The molecule has 3 rings (SSSR count). The van der Waals surface area contributed by atoms with E-state index in [0.29, 0.717) is 13.1 Å². The summed E-state index contributed by atoms with van der Waals surface area (Å²) in [5.41, 5.74) is 0. The largest absolute Gasteiger partial charge is 0.353 e. The molecule has 7 heteroatoms. The van der Waals surface area contributed by atoms with Crippen molar-refractivity contribution in [2.24, 2.45) is 5.92 Å². The Morgan fingerprint density at radius 2 is 1.96 bits per heavy atom. The zero-order chi connectivity index (χ0) is 16.2. The van der Waals surface area contributed by atoms with Gasteiger partial charge in [0.1, 0.15) is 24.5 Å². The quantitative estimate of drug-likeness (QED) is 0.849. The van der Waals surface area contributed by atoms with Gasteiger partial charge in [-0.25, -0.2) is 14.6 Å². The number of piperazine rings is 1. The zero-order valence-corrected chi connectivity index (χ0v) is 13.5. The number of amides is 1. The molecule has 1 saturated heterocycles. The van der Waals surface area contributed by atoms with Crippen LogP contribution in [0.1, 0.15) is 19.9 Å². The fraction of sp³-hybridized carbons (Fsp3) is 0.500. The minimum atomic E-state index is -0.293. The molecule has 2 aromatic rings. The molecule has 0 spiro atoms. The van der Waals surface area contributed by atoms with Crippen molar-refractivity contribution in [3.8, 4) is 0 Å². The lowest BCUT2D eigenvalue weighted by Crippen LogP contribution is -2.51. The van der Waals surface area contributed by atoms with E-state index in [4.69, 9.17) is 0 Å². The van der Waals surface area contributed by atoms with Gasteiger partial charge >= 0.3 is 0 Å². The Hall–Kier alpha value is -2.44. The summed E-state index contributed by atoms with van der Waals surface area (Å²) in [7, 11) is 0. The third-order valence-corrected chi connectivity index (χ3v) is 4.17. The van der Waals surface area contributed by atoms with Crippen LogP contribution in [-0.4, -0.2) is 56.7 Å². The highest BCUT2D eigenvalue weighted by molar-refractivity contribution is 5.80. The van der Waals surface area contributed by atoms with Gasteiger partial charge in [-0.15, -0.1) is 0 Å². The molecular formula is C16H22N6O. The van der Waals surface area contributed by atoms with E-state index in [1.807, 2.05) is 36.9 Å². The monoisotopic (exact) mass is 314 g/mol. The molecular weight excluding hydrogens is 292 g/mol. The maximum atomic E-state index is 12.9. The number of hydrogen-bond donors (Lipinski definition) is 0. The lowest BCUT2D eigenvalue weighted by molar-refractivity contribution is -0.136. The molecule has 1 aliphatic rings. The third-order valence-electron chi connectivity index (χ3n) is 4.17. The summed E-state index contributed by atoms with van der Waals surface area (Å²) >= 11 is 0. The molecule has 1 fully saturated rings. The third kappa shape index (κ3) is 3.33. The standard InChI is InChI=1S/C16H22N6O/c1-13(2)15(22-12-17-11-19-22)16(23)21-9-7-20(8-10-21)14-5-3-4-6-18-14/h3-6,11-13,15H,7-10H2,1-2H3/t15-/m1/s1. The number of rotatable bonds is 4. The minimum Gasteiger partial charge on any atom is -0.353 e. The second-order valence-electron chi connectivity index (χ2n) is 6.06. The highest BCUT2D eigenvalue weighted by Crippen LogP contribution is 2.21. The van der Waals surface area contributed by atoms with E-state index in [9.17, 15) is 4.79 Å². The molecule has 0 unspecified atom stereocenters. The first-order valence-corrected chi connectivity index (χ1v) is 7.95. The van der Waals surface area contributed by atoms with Gasteiger partial charge in [-0.05, 0) is 18.1 Å². The van der Waals surface area contributed by atoms with Crippen molar-refractivity contribution in [2.75, 3.05) is 31.1 Å². The first-order valence-electron chi connectivity index (χ1n) is 7.95. The maximum absolute atomic E-state index is 12.9. The van der Waals surface area contributed by atoms with Gasteiger partial charge in [0.15, 0.2) is 0 Å². The molecule has 0 N–H and O–H groups in total. The molecule has 1 amide bonds. The number of aromatic nitrogens is 4. The molecule has 3 heterocycles. The van der Waals surface area contributed by atoms with E-state index >= 15 is 0 Å². The van der Waals surface area contributed by atoms with Crippen LogP contribution in [0.2, 0.25) is 0 Å². The number of nitrogens with zero attached hydrogens (tertiary/aromatic N) is 6. The van der Waals surface area contributed by atoms with Crippen molar-refractivity contribution in [3.05, 3.63) is 37.1 Å². The molecule has 2 aromatic heterocycles. The van der Waals surface area contributed by atoms with Gasteiger partial charge in [0.2, 0.25) is 5.91 Å². The van der Waals surface area contributed by atoms with Crippen molar-refractivity contribution < 1.29 is 4.79 Å². The van der Waals surface area contributed by atoms with Crippen molar-refractivity contribution in [1.82, 2.24) is 24.6 Å². The van der Waals surface area contributed by atoms with Crippen LogP contribution in [-0.2, 0) is 4.79 Å². The Kier molecular flexibility index (Phi) is 4.55. The van der Waals surface area contributed by atoms with E-state index in [0.717, 1.165) is 18.9 Å². The van der Waals surface area contributed by atoms with Crippen molar-refractivity contribution in [2.45, 2.75) is 19.9 Å². The van der Waals surface area contributed by atoms with Crippen LogP contribution >= 0.6 is 0 Å². The Morgan fingerprint density at radius 1 is 1.17 bits per heavy atom. The van der Waals surface area contributed by atoms with Gasteiger partial charge in [-0.2, -0.15) is 5.10 Å². The summed E-state index contributed by atoms with van der Waals surface area (Å²) in [6.45, 7) is 7.07. The smallest absolute Gasteiger partial charge is 0.247 e. The number of pyridine rings is 1. The number of carbonyl (C=O) groups excluding carboxylic acids is 1. The van der Waals surface area contributed by atoms with Crippen molar-refractivity contribution in [3.63, 3.8) is 0 Å². The van der Waals surface area contributed by atoms with Crippen LogP contribution in [0.4, 0.5) is 5.82 Å². The van der Waals surface area contributed by atoms with Crippen LogP contribution in [0.15, 0.2) is 37.1 Å². The molecule has 0 saturated carbocycles. The maximum Gasteiger partial charge on any atom is 0.247 e. The highest BCUT2D eigenvalue weighted by atomic mass is 16.2. The molecule has 1 atom stereocenters. The minimum absolute atomic E-state index is 0.117. The van der Waals surface area contributed by atoms with Gasteiger partial charge in [-0.1, -0.05) is 19.9 Å². The molecule has 1 aliphatic heterocycles. The van der Waals surface area contributed by atoms with E-state index in [2.05, 4.69) is 20.0 Å². The number of anilines is 1. The van der Waals surface area contributed by atoms with Gasteiger partial charge in [0.05, 0.1) is 0 Å². The summed E-state index contributed by atoms with van der Waals surface area (Å²) in [6.07, 6.45) is 4.89. The predicted molar refractivity (Wildman–Crippen MR) is 86.9 cm³/mol. The topological polar surface area (TPSA) is 67.2 Å². The highest BCUT2D eigenvalue weighted by Gasteiger charge is 2.31. The van der Waals surface area contributed by atoms with E-state index in [1.165, 1.54) is 6.33 Å². The Balaban J connectivity index is 1.66. The fourth-order valence-electron chi connectivity index (χ4n) is 2.95. The van der Waals surface area contributed by atoms with E-state index in [-0.39, 0.29) is 17.9 Å². The van der Waals surface area contributed by atoms with Gasteiger partial charge in [-0.3, -0.25) is 4.79 Å². The second kappa shape index (κ2) is 6.76. The first kappa shape index (κ1) is 15.5. The van der Waals surface area contributed by atoms with Gasteiger partial charge < -0.3 is 9.80 Å². The van der Waals surface area contributed by atoms with Crippen LogP contribution in [0, 0.1) is 5.92 Å². The summed E-state index contributed by atoms with van der Waals surface area (Å²) in [5.74, 6) is 1.25. The zero-order valence-electron chi connectivity index (χ0n) is 13.5. The van der Waals surface area contributed by atoms with Gasteiger partial charge in [0, 0.05) is 32.4 Å². The summed E-state index contributed by atoms with van der Waals surface area (Å²) in [5, 5.41) is 4.15. The molecule has 0 aromatic carbocycles. The lowest BCUT2D eigenvalue weighted by Gasteiger charge is -2.37. The molecule has 0 radical (unpaired) electrons. The number of hydrogen-bond acceptors (Lipinski definition) is 5. The Labute approximate surface area is 135 Å². The summed E-state index contributed by atoms with van der Waals surface area (Å²) in [4.78, 5) is 25.4. The molecule has 0 aliphatic carbocycles. The van der Waals surface area contributed by atoms with Gasteiger partial charge in [0.25, 0.3) is 0 Å². The SMILES string of the molecule is CC(C)[C@H](C(=O)N1CCN(c2ccccn2)CC1)n1cncn1. The second-order valence-corrected chi connectivity index (χ2v) is 6.06. The molecule has 7 nitrogen and oxygen atoms in total. The fourth-order valence-corrected chi connectivity index (χ4v) is 2.95. The van der Waals surface area contributed by atoms with Crippen LogP contribution in [0.5, 0.6) is 0 Å². The predicted octanol–water partition coefficient (Wildman–Crippen LogP) is 1.22. The van der Waals surface area contributed by atoms with Crippen LogP contribution in [0.3, 0.4) is 0 Å². The average molecular weight is 314 g/mol. The summed E-state index contributed by atoms with van der Waals surface area (Å²) < 4.78 is 1.66. The molecule has 122 valence electrons.